The van der Waals surface area contributed by atoms with Crippen molar-refractivity contribution in [3.63, 3.8) is 0 Å². The average molecular weight is 651 g/mol. The van der Waals surface area contributed by atoms with Gasteiger partial charge in [0, 0.05) is 12.8 Å². The smallest absolute Gasteiger partial charge is 0.328 e. The Morgan fingerprint density at radius 1 is 0.652 bits per heavy atom. The second kappa shape index (κ2) is 32.3. The summed E-state index contributed by atoms with van der Waals surface area (Å²) in [5.74, 6) is -2.41. The predicted molar refractivity (Wildman–Crippen MR) is 185 cm³/mol. The summed E-state index contributed by atoms with van der Waals surface area (Å²) >= 11 is 0. The highest BCUT2D eigenvalue weighted by atomic mass is 16.5. The molecule has 0 aromatic carbocycles. The van der Waals surface area contributed by atoms with Crippen LogP contribution in [0.1, 0.15) is 162 Å². The zero-order valence-electron chi connectivity index (χ0n) is 29.1. The van der Waals surface area contributed by atoms with Crippen molar-refractivity contribution in [3.8, 4) is 0 Å². The number of aliphatic hydroxyl groups is 1. The monoisotopic (exact) mass is 650 g/mol. The predicted octanol–water partition coefficient (Wildman–Crippen LogP) is 7.70. The van der Waals surface area contributed by atoms with E-state index in [9.17, 15) is 19.2 Å². The highest BCUT2D eigenvalue weighted by molar-refractivity contribution is 5.87. The van der Waals surface area contributed by atoms with Gasteiger partial charge >= 0.3 is 11.9 Å². The standard InChI is InChI=1S/C37H66N2O7/c1-3-5-7-9-10-11-12-13-14-15-16-17-19-25-29-36(43)46-32(26-22-18-8-6-4-2)27-23-20-21-24-28-34(41)38-30-35(42)39-33(31-40)37(44)45/h12-13,22,26,32-33,40H,3-11,14-21,23-25,27-31H2,1-2H3,(H,38,41)(H,39,42)(H,44,45)/b13-12-,26-22-. The van der Waals surface area contributed by atoms with Crippen molar-refractivity contribution in [3.05, 3.63) is 24.3 Å². The van der Waals surface area contributed by atoms with Crippen LogP contribution in [0.15, 0.2) is 24.3 Å². The maximum atomic E-state index is 12.6. The fourth-order valence-electron chi connectivity index (χ4n) is 5.03. The van der Waals surface area contributed by atoms with Crippen LogP contribution in [0.25, 0.3) is 0 Å². The minimum absolute atomic E-state index is 0.126. The number of unbranched alkanes of at least 4 members (excludes halogenated alkanes) is 16. The van der Waals surface area contributed by atoms with Crippen LogP contribution in [0.3, 0.4) is 0 Å². The summed E-state index contributed by atoms with van der Waals surface area (Å²) in [4.78, 5) is 47.2. The van der Waals surface area contributed by atoms with E-state index in [0.29, 0.717) is 12.8 Å². The lowest BCUT2D eigenvalue weighted by Crippen LogP contribution is -2.47. The number of hydrogen-bond donors (Lipinski definition) is 4. The molecule has 0 fully saturated rings. The number of rotatable bonds is 32. The summed E-state index contributed by atoms with van der Waals surface area (Å²) in [7, 11) is 0. The quantitative estimate of drug-likeness (QED) is 0.0332. The first kappa shape index (κ1) is 43.3. The first-order valence-corrected chi connectivity index (χ1v) is 18.2. The molecule has 0 aliphatic heterocycles. The van der Waals surface area contributed by atoms with Gasteiger partial charge in [0.2, 0.25) is 11.8 Å². The lowest BCUT2D eigenvalue weighted by Gasteiger charge is -2.15. The van der Waals surface area contributed by atoms with Crippen LogP contribution in [0.4, 0.5) is 0 Å². The minimum atomic E-state index is -1.39. The Hall–Kier alpha value is -2.68. The molecular weight excluding hydrogens is 584 g/mol. The Bertz CT molecular complexity index is 844. The van der Waals surface area contributed by atoms with Gasteiger partial charge in [0.15, 0.2) is 0 Å². The summed E-state index contributed by atoms with van der Waals surface area (Å²) in [5.41, 5.74) is 0. The topological polar surface area (TPSA) is 142 Å². The van der Waals surface area contributed by atoms with Crippen LogP contribution in [0, 0.1) is 0 Å². The van der Waals surface area contributed by atoms with E-state index >= 15 is 0 Å². The van der Waals surface area contributed by atoms with Gasteiger partial charge in [-0.05, 0) is 70.3 Å². The summed E-state index contributed by atoms with van der Waals surface area (Å²) in [6.45, 7) is 3.37. The van der Waals surface area contributed by atoms with E-state index in [0.717, 1.165) is 64.2 Å². The molecule has 0 aliphatic carbocycles. The molecule has 0 saturated carbocycles. The summed E-state index contributed by atoms with van der Waals surface area (Å²) in [6.07, 6.45) is 32.4. The van der Waals surface area contributed by atoms with E-state index in [2.05, 4.69) is 42.7 Å². The van der Waals surface area contributed by atoms with Crippen LogP contribution < -0.4 is 10.6 Å². The zero-order chi connectivity index (χ0) is 34.1. The number of carbonyl (C=O) groups excluding carboxylic acids is 3. The number of esters is 1. The van der Waals surface area contributed by atoms with E-state index in [-0.39, 0.29) is 30.9 Å². The largest absolute Gasteiger partial charge is 0.480 e. The number of ether oxygens (including phenoxy) is 1. The molecule has 0 saturated heterocycles. The SMILES string of the molecule is CCCCC/C=C\C(CCCCCCC(=O)NCC(=O)NC(CO)C(=O)O)OC(=O)CCCCCCC/C=C\CCCCCCC. The molecule has 9 heteroatoms. The van der Waals surface area contributed by atoms with E-state index in [1.54, 1.807) is 0 Å². The van der Waals surface area contributed by atoms with Crippen LogP contribution in [0.2, 0.25) is 0 Å². The van der Waals surface area contributed by atoms with Gasteiger partial charge < -0.3 is 25.6 Å². The van der Waals surface area contributed by atoms with E-state index in [4.69, 9.17) is 14.9 Å². The van der Waals surface area contributed by atoms with Gasteiger partial charge in [-0.15, -0.1) is 0 Å². The number of allylic oxidation sites excluding steroid dienone is 3. The van der Waals surface area contributed by atoms with Gasteiger partial charge in [0.1, 0.15) is 12.1 Å². The average Bonchev–Trinajstić information content (AvgIpc) is 3.03. The van der Waals surface area contributed by atoms with Crippen LogP contribution in [-0.4, -0.2) is 59.3 Å². The third-order valence-corrected chi connectivity index (χ3v) is 7.91. The summed E-state index contributed by atoms with van der Waals surface area (Å²) in [6, 6.07) is -1.39. The number of aliphatic carboxylic acids is 1. The molecular formula is C37H66N2O7. The number of carboxylic acid groups (broad SMARTS) is 1. The lowest BCUT2D eigenvalue weighted by atomic mass is 10.1. The maximum absolute atomic E-state index is 12.6. The van der Waals surface area contributed by atoms with Crippen molar-refractivity contribution in [1.82, 2.24) is 10.6 Å². The third kappa shape index (κ3) is 28.8. The molecule has 0 aromatic rings. The molecule has 2 amide bonds. The number of hydrogen-bond acceptors (Lipinski definition) is 6. The highest BCUT2D eigenvalue weighted by Crippen LogP contribution is 2.15. The fraction of sp³-hybridized carbons (Fsp3) is 0.784. The van der Waals surface area contributed by atoms with Crippen molar-refractivity contribution < 1.29 is 34.1 Å². The third-order valence-electron chi connectivity index (χ3n) is 7.91. The molecule has 2 unspecified atom stereocenters. The lowest BCUT2D eigenvalue weighted by molar-refractivity contribution is -0.147. The Labute approximate surface area is 279 Å². The normalized spacial score (nSPS) is 12.8. The Balaban J connectivity index is 4.16. The van der Waals surface area contributed by atoms with Crippen molar-refractivity contribution in [2.24, 2.45) is 0 Å². The minimum Gasteiger partial charge on any atom is -0.480 e. The van der Waals surface area contributed by atoms with Gasteiger partial charge in [-0.3, -0.25) is 14.4 Å². The number of carboxylic acids is 1. The molecule has 9 nitrogen and oxygen atoms in total. The van der Waals surface area contributed by atoms with E-state index < -0.39 is 24.5 Å². The van der Waals surface area contributed by atoms with E-state index in [1.165, 1.54) is 64.2 Å². The van der Waals surface area contributed by atoms with Gasteiger partial charge in [-0.25, -0.2) is 4.79 Å². The second-order valence-corrected chi connectivity index (χ2v) is 12.3. The van der Waals surface area contributed by atoms with Gasteiger partial charge in [-0.2, -0.15) is 0 Å². The first-order valence-electron chi connectivity index (χ1n) is 18.2. The summed E-state index contributed by atoms with van der Waals surface area (Å²) < 4.78 is 5.83. The zero-order valence-corrected chi connectivity index (χ0v) is 29.1. The molecule has 0 radical (unpaired) electrons. The molecule has 0 aliphatic rings. The van der Waals surface area contributed by atoms with Gasteiger partial charge in [0.25, 0.3) is 0 Å². The number of nitrogens with one attached hydrogen (secondary N) is 2. The first-order chi connectivity index (χ1) is 22.3. The Morgan fingerprint density at radius 2 is 1.17 bits per heavy atom. The van der Waals surface area contributed by atoms with Crippen LogP contribution >= 0.6 is 0 Å². The number of carbonyl (C=O) groups is 4. The maximum Gasteiger partial charge on any atom is 0.328 e. The van der Waals surface area contributed by atoms with E-state index in [1.807, 2.05) is 6.08 Å². The van der Waals surface area contributed by atoms with Crippen molar-refractivity contribution in [2.45, 2.75) is 174 Å². The van der Waals surface area contributed by atoms with Crippen molar-refractivity contribution in [2.75, 3.05) is 13.2 Å². The van der Waals surface area contributed by atoms with Crippen molar-refractivity contribution >= 4 is 23.8 Å². The molecule has 46 heavy (non-hydrogen) atoms. The summed E-state index contributed by atoms with van der Waals surface area (Å²) in [5, 5.41) is 22.4. The molecule has 266 valence electrons. The second-order valence-electron chi connectivity index (χ2n) is 12.3. The molecule has 0 aromatic heterocycles. The number of aliphatic hydroxyl groups excluding tert-OH is 1. The molecule has 2 atom stereocenters. The van der Waals surface area contributed by atoms with Gasteiger partial charge in [-0.1, -0.05) is 103 Å². The van der Waals surface area contributed by atoms with Gasteiger partial charge in [0.05, 0.1) is 13.2 Å². The molecule has 0 spiro atoms. The van der Waals surface area contributed by atoms with Crippen molar-refractivity contribution in [1.29, 1.82) is 0 Å². The van der Waals surface area contributed by atoms with Crippen LogP contribution in [0.5, 0.6) is 0 Å². The molecule has 0 bridgehead atoms. The molecule has 0 rings (SSSR count). The fourth-order valence-corrected chi connectivity index (χ4v) is 5.03. The molecule has 4 N–H and O–H groups in total. The number of amides is 2. The molecule has 0 heterocycles. The highest BCUT2D eigenvalue weighted by Gasteiger charge is 2.18. The Kier molecular flexibility index (Phi) is 30.4. The van der Waals surface area contributed by atoms with Crippen LogP contribution in [-0.2, 0) is 23.9 Å². The Morgan fingerprint density at radius 3 is 1.80 bits per heavy atom.